The first-order valence-electron chi connectivity index (χ1n) is 8.75. The van der Waals surface area contributed by atoms with Crippen molar-refractivity contribution in [3.8, 4) is 0 Å². The van der Waals surface area contributed by atoms with Crippen molar-refractivity contribution in [3.63, 3.8) is 0 Å². The summed E-state index contributed by atoms with van der Waals surface area (Å²) in [7, 11) is 0. The standard InChI is InChI=1S/C21H21ClFN3O/c1-4-10-25(21(27)17-12-16(23)8-6-14(17)3)13-20-24-18-9-7-15(22)11-19(18)26(20)5-2/h4,6-9,11-12H,1,5,10,13H2,2-3H3. The lowest BCUT2D eigenvalue weighted by molar-refractivity contribution is 0.0756. The third-order valence-corrected chi connectivity index (χ3v) is 4.74. The maximum absolute atomic E-state index is 13.7. The molecule has 1 aromatic heterocycles. The van der Waals surface area contributed by atoms with Crippen LogP contribution in [0.1, 0.15) is 28.7 Å². The molecular weight excluding hydrogens is 365 g/mol. The highest BCUT2D eigenvalue weighted by Crippen LogP contribution is 2.22. The summed E-state index contributed by atoms with van der Waals surface area (Å²) in [5, 5.41) is 0.637. The summed E-state index contributed by atoms with van der Waals surface area (Å²) in [6.45, 7) is 8.88. The van der Waals surface area contributed by atoms with Gasteiger partial charge in [0.05, 0.1) is 17.6 Å². The van der Waals surface area contributed by atoms with E-state index in [1.165, 1.54) is 12.1 Å². The van der Waals surface area contributed by atoms with Crippen molar-refractivity contribution in [3.05, 3.63) is 76.8 Å². The summed E-state index contributed by atoms with van der Waals surface area (Å²) in [6, 6.07) is 9.76. The van der Waals surface area contributed by atoms with E-state index in [0.717, 1.165) is 22.4 Å². The second kappa shape index (κ2) is 7.92. The van der Waals surface area contributed by atoms with Crippen molar-refractivity contribution in [2.45, 2.75) is 26.9 Å². The van der Waals surface area contributed by atoms with Gasteiger partial charge in [-0.05, 0) is 49.7 Å². The highest BCUT2D eigenvalue weighted by Gasteiger charge is 2.20. The first-order valence-corrected chi connectivity index (χ1v) is 9.13. The molecule has 2 aromatic carbocycles. The number of rotatable bonds is 6. The van der Waals surface area contributed by atoms with E-state index in [1.807, 2.05) is 23.6 Å². The second-order valence-electron chi connectivity index (χ2n) is 6.34. The van der Waals surface area contributed by atoms with E-state index in [9.17, 15) is 9.18 Å². The Bertz CT molecular complexity index is 1010. The molecule has 140 valence electrons. The summed E-state index contributed by atoms with van der Waals surface area (Å²) in [5.74, 6) is 0.0663. The zero-order valence-electron chi connectivity index (χ0n) is 15.4. The third kappa shape index (κ3) is 3.88. The number of amides is 1. The Morgan fingerprint density at radius 3 is 2.81 bits per heavy atom. The Balaban J connectivity index is 1.99. The van der Waals surface area contributed by atoms with Crippen LogP contribution in [0.3, 0.4) is 0 Å². The number of hydrogen-bond acceptors (Lipinski definition) is 2. The van der Waals surface area contributed by atoms with E-state index in [4.69, 9.17) is 11.6 Å². The lowest BCUT2D eigenvalue weighted by Crippen LogP contribution is -2.32. The van der Waals surface area contributed by atoms with E-state index < -0.39 is 5.82 Å². The number of hydrogen-bond donors (Lipinski definition) is 0. The van der Waals surface area contributed by atoms with Gasteiger partial charge in [-0.15, -0.1) is 6.58 Å². The molecule has 4 nitrogen and oxygen atoms in total. The molecule has 0 aliphatic heterocycles. The van der Waals surface area contributed by atoms with Crippen molar-refractivity contribution in [2.24, 2.45) is 0 Å². The fraction of sp³-hybridized carbons (Fsp3) is 0.238. The van der Waals surface area contributed by atoms with Crippen LogP contribution in [0.15, 0.2) is 49.1 Å². The number of aromatic nitrogens is 2. The van der Waals surface area contributed by atoms with Crippen LogP contribution in [-0.4, -0.2) is 26.9 Å². The Kier molecular flexibility index (Phi) is 5.61. The van der Waals surface area contributed by atoms with Gasteiger partial charge < -0.3 is 9.47 Å². The molecule has 3 rings (SSSR count). The predicted molar refractivity (Wildman–Crippen MR) is 106 cm³/mol. The molecule has 0 N–H and O–H groups in total. The second-order valence-corrected chi connectivity index (χ2v) is 6.78. The molecule has 27 heavy (non-hydrogen) atoms. The van der Waals surface area contributed by atoms with E-state index in [2.05, 4.69) is 11.6 Å². The molecule has 3 aromatic rings. The van der Waals surface area contributed by atoms with Gasteiger partial charge in [0.25, 0.3) is 5.91 Å². The molecular formula is C21H21ClFN3O. The highest BCUT2D eigenvalue weighted by molar-refractivity contribution is 6.31. The number of benzene rings is 2. The number of imidazole rings is 1. The van der Waals surface area contributed by atoms with Crippen molar-refractivity contribution >= 4 is 28.5 Å². The van der Waals surface area contributed by atoms with Crippen molar-refractivity contribution < 1.29 is 9.18 Å². The van der Waals surface area contributed by atoms with Gasteiger partial charge in [0.15, 0.2) is 0 Å². The van der Waals surface area contributed by atoms with E-state index in [0.29, 0.717) is 30.2 Å². The molecule has 0 fully saturated rings. The molecule has 0 spiro atoms. The van der Waals surface area contributed by atoms with Crippen molar-refractivity contribution in [1.29, 1.82) is 0 Å². The highest BCUT2D eigenvalue weighted by atomic mass is 35.5. The van der Waals surface area contributed by atoms with Gasteiger partial charge in [-0.1, -0.05) is 23.7 Å². The first-order chi connectivity index (χ1) is 12.9. The van der Waals surface area contributed by atoms with Crippen LogP contribution in [-0.2, 0) is 13.1 Å². The summed E-state index contributed by atoms with van der Waals surface area (Å²) in [4.78, 5) is 19.3. The summed E-state index contributed by atoms with van der Waals surface area (Å²) >= 11 is 6.12. The summed E-state index contributed by atoms with van der Waals surface area (Å²) in [6.07, 6.45) is 1.66. The molecule has 1 amide bonds. The quantitative estimate of drug-likeness (QED) is 0.561. The van der Waals surface area contributed by atoms with Gasteiger partial charge in [0, 0.05) is 23.7 Å². The average Bonchev–Trinajstić information content (AvgIpc) is 2.99. The normalized spacial score (nSPS) is 11.0. The first kappa shape index (κ1) is 19.1. The van der Waals surface area contributed by atoms with Gasteiger partial charge in [0.2, 0.25) is 0 Å². The zero-order valence-corrected chi connectivity index (χ0v) is 16.1. The van der Waals surface area contributed by atoms with E-state index in [1.54, 1.807) is 30.0 Å². The Morgan fingerprint density at radius 2 is 2.11 bits per heavy atom. The van der Waals surface area contributed by atoms with Crippen LogP contribution in [0.5, 0.6) is 0 Å². The molecule has 0 saturated heterocycles. The van der Waals surface area contributed by atoms with Crippen molar-refractivity contribution in [2.75, 3.05) is 6.54 Å². The fourth-order valence-electron chi connectivity index (χ4n) is 3.16. The predicted octanol–water partition coefficient (Wildman–Crippen LogP) is 4.99. The Hall–Kier alpha value is -2.66. The van der Waals surface area contributed by atoms with Crippen LogP contribution in [0.25, 0.3) is 11.0 Å². The minimum atomic E-state index is -0.432. The van der Waals surface area contributed by atoms with Gasteiger partial charge in [0.1, 0.15) is 11.6 Å². The monoisotopic (exact) mass is 385 g/mol. The van der Waals surface area contributed by atoms with Crippen LogP contribution in [0.4, 0.5) is 4.39 Å². The molecule has 0 unspecified atom stereocenters. The van der Waals surface area contributed by atoms with Crippen LogP contribution in [0.2, 0.25) is 5.02 Å². The van der Waals surface area contributed by atoms with Gasteiger partial charge >= 0.3 is 0 Å². The number of aryl methyl sites for hydroxylation is 2. The average molecular weight is 386 g/mol. The number of carbonyl (C=O) groups is 1. The largest absolute Gasteiger partial charge is 0.327 e. The van der Waals surface area contributed by atoms with Gasteiger partial charge in [-0.2, -0.15) is 0 Å². The van der Waals surface area contributed by atoms with Gasteiger partial charge in [-0.25, -0.2) is 9.37 Å². The third-order valence-electron chi connectivity index (χ3n) is 4.50. The maximum Gasteiger partial charge on any atom is 0.254 e. The minimum absolute atomic E-state index is 0.250. The lowest BCUT2D eigenvalue weighted by Gasteiger charge is -2.22. The smallest absolute Gasteiger partial charge is 0.254 e. The molecule has 0 aliphatic rings. The fourth-order valence-corrected chi connectivity index (χ4v) is 3.33. The molecule has 0 saturated carbocycles. The van der Waals surface area contributed by atoms with E-state index >= 15 is 0 Å². The molecule has 0 atom stereocenters. The molecule has 0 radical (unpaired) electrons. The Morgan fingerprint density at radius 1 is 1.33 bits per heavy atom. The maximum atomic E-state index is 13.7. The number of halogens is 2. The summed E-state index contributed by atoms with van der Waals surface area (Å²) in [5.41, 5.74) is 2.82. The zero-order chi connectivity index (χ0) is 19.6. The lowest BCUT2D eigenvalue weighted by atomic mass is 10.1. The topological polar surface area (TPSA) is 38.1 Å². The number of fused-ring (bicyclic) bond motifs is 1. The van der Waals surface area contributed by atoms with Crippen LogP contribution in [0, 0.1) is 12.7 Å². The Labute approximate surface area is 162 Å². The molecule has 0 aliphatic carbocycles. The van der Waals surface area contributed by atoms with Crippen molar-refractivity contribution in [1.82, 2.24) is 14.5 Å². The SMILES string of the molecule is C=CCN(Cc1nc2ccc(Cl)cc2n1CC)C(=O)c1cc(F)ccc1C. The number of nitrogens with zero attached hydrogens (tertiary/aromatic N) is 3. The minimum Gasteiger partial charge on any atom is -0.327 e. The van der Waals surface area contributed by atoms with Crippen LogP contribution >= 0.6 is 11.6 Å². The van der Waals surface area contributed by atoms with Gasteiger partial charge in [-0.3, -0.25) is 4.79 Å². The summed E-state index contributed by atoms with van der Waals surface area (Å²) < 4.78 is 15.7. The van der Waals surface area contributed by atoms with Crippen LogP contribution < -0.4 is 0 Å². The van der Waals surface area contributed by atoms with E-state index in [-0.39, 0.29) is 5.91 Å². The molecule has 6 heteroatoms. The molecule has 0 bridgehead atoms. The number of carbonyl (C=O) groups excluding carboxylic acids is 1. The molecule has 1 heterocycles.